The van der Waals surface area contributed by atoms with Crippen LogP contribution in [0.1, 0.15) is 10.4 Å². The Bertz CT molecular complexity index is 601. The molecule has 0 saturated carbocycles. The smallest absolute Gasteiger partial charge is 0.275 e. The second kappa shape index (κ2) is 6.03. The number of halogens is 5. The van der Waals surface area contributed by atoms with Crippen LogP contribution in [0, 0.1) is 0 Å². The van der Waals surface area contributed by atoms with Crippen molar-refractivity contribution >= 4 is 46.4 Å². The zero-order valence-electron chi connectivity index (χ0n) is 9.71. The molecule has 2 nitrogen and oxygen atoms in total. The molecular formula is C12H7Cl2F3N2S. The first-order valence-electron chi connectivity index (χ1n) is 5.27. The molecule has 1 heterocycles. The molecule has 1 aromatic carbocycles. The Hall–Kier alpha value is -1.24. The number of anilines is 1. The standard InChI is InChI=1S/C12H7Cl2F3N2S/c13-9-4-7(12(15,16)17)5-10(14)11(9)19-18-6-8-2-1-3-20-8/h1-6,19H. The van der Waals surface area contributed by atoms with Crippen LogP contribution in [0.2, 0.25) is 10.0 Å². The van der Waals surface area contributed by atoms with Crippen LogP contribution in [0.4, 0.5) is 18.9 Å². The van der Waals surface area contributed by atoms with Crippen molar-refractivity contribution in [3.8, 4) is 0 Å². The van der Waals surface area contributed by atoms with Crippen LogP contribution in [-0.4, -0.2) is 6.21 Å². The number of hydrogen-bond donors (Lipinski definition) is 1. The van der Waals surface area contributed by atoms with Gasteiger partial charge in [0.2, 0.25) is 0 Å². The van der Waals surface area contributed by atoms with Gasteiger partial charge in [-0.1, -0.05) is 29.3 Å². The third-order valence-electron chi connectivity index (χ3n) is 2.28. The van der Waals surface area contributed by atoms with Crippen LogP contribution in [-0.2, 0) is 6.18 Å². The Morgan fingerprint density at radius 2 is 1.85 bits per heavy atom. The lowest BCUT2D eigenvalue weighted by Crippen LogP contribution is -2.05. The van der Waals surface area contributed by atoms with Crippen LogP contribution in [0.25, 0.3) is 0 Å². The zero-order valence-corrected chi connectivity index (χ0v) is 12.0. The van der Waals surface area contributed by atoms with Crippen LogP contribution in [0.3, 0.4) is 0 Å². The molecule has 0 aliphatic heterocycles. The van der Waals surface area contributed by atoms with Gasteiger partial charge in [0.1, 0.15) is 0 Å². The normalized spacial score (nSPS) is 12.1. The second-order valence-corrected chi connectivity index (χ2v) is 5.49. The topological polar surface area (TPSA) is 24.4 Å². The highest BCUT2D eigenvalue weighted by Crippen LogP contribution is 2.38. The van der Waals surface area contributed by atoms with Gasteiger partial charge in [0, 0.05) is 4.88 Å². The molecule has 0 bridgehead atoms. The third-order valence-corrected chi connectivity index (χ3v) is 3.68. The van der Waals surface area contributed by atoms with Crippen molar-refractivity contribution in [1.82, 2.24) is 0 Å². The monoisotopic (exact) mass is 338 g/mol. The average Bonchev–Trinajstić information content (AvgIpc) is 2.84. The summed E-state index contributed by atoms with van der Waals surface area (Å²) in [6, 6.07) is 5.29. The molecule has 8 heteroatoms. The minimum atomic E-state index is -4.49. The maximum atomic E-state index is 12.6. The fourth-order valence-electron chi connectivity index (χ4n) is 1.37. The van der Waals surface area contributed by atoms with E-state index in [-0.39, 0.29) is 15.7 Å². The lowest BCUT2D eigenvalue weighted by atomic mass is 10.2. The molecule has 1 N–H and O–H groups in total. The van der Waals surface area contributed by atoms with E-state index >= 15 is 0 Å². The molecule has 0 aliphatic rings. The van der Waals surface area contributed by atoms with E-state index in [0.29, 0.717) is 0 Å². The van der Waals surface area contributed by atoms with E-state index in [4.69, 9.17) is 23.2 Å². The summed E-state index contributed by atoms with van der Waals surface area (Å²) >= 11 is 13.0. The van der Waals surface area contributed by atoms with Gasteiger partial charge in [-0.2, -0.15) is 18.3 Å². The van der Waals surface area contributed by atoms with E-state index < -0.39 is 11.7 Å². The minimum Gasteiger partial charge on any atom is -0.275 e. The van der Waals surface area contributed by atoms with Gasteiger partial charge in [0.05, 0.1) is 27.5 Å². The molecule has 2 rings (SSSR count). The number of hydrogen-bond acceptors (Lipinski definition) is 3. The van der Waals surface area contributed by atoms with Gasteiger partial charge in [-0.15, -0.1) is 11.3 Å². The predicted octanol–water partition coefficient (Wildman–Crippen LogP) is 5.52. The first-order valence-corrected chi connectivity index (χ1v) is 6.90. The number of benzene rings is 1. The molecule has 0 saturated heterocycles. The average molecular weight is 339 g/mol. The van der Waals surface area contributed by atoms with Crippen molar-refractivity contribution in [2.75, 3.05) is 5.43 Å². The SMILES string of the molecule is FC(F)(F)c1cc(Cl)c(NN=Cc2cccs2)c(Cl)c1. The molecule has 0 atom stereocenters. The summed E-state index contributed by atoms with van der Waals surface area (Å²) in [6.45, 7) is 0. The molecule has 0 amide bonds. The van der Waals surface area contributed by atoms with Gasteiger partial charge in [0.25, 0.3) is 0 Å². The molecule has 106 valence electrons. The number of alkyl halides is 3. The van der Waals surface area contributed by atoms with Crippen LogP contribution < -0.4 is 5.43 Å². The molecule has 20 heavy (non-hydrogen) atoms. The summed E-state index contributed by atoms with van der Waals surface area (Å²) in [7, 11) is 0. The van der Waals surface area contributed by atoms with Gasteiger partial charge >= 0.3 is 6.18 Å². The molecule has 1 aromatic heterocycles. The highest BCUT2D eigenvalue weighted by atomic mass is 35.5. The van der Waals surface area contributed by atoms with Crippen molar-refractivity contribution in [2.45, 2.75) is 6.18 Å². The molecule has 2 aromatic rings. The highest BCUT2D eigenvalue weighted by molar-refractivity contribution is 7.11. The Balaban J connectivity index is 2.21. The van der Waals surface area contributed by atoms with Crippen molar-refractivity contribution in [2.24, 2.45) is 5.10 Å². The molecular weight excluding hydrogens is 332 g/mol. The largest absolute Gasteiger partial charge is 0.416 e. The number of thiophene rings is 1. The Morgan fingerprint density at radius 3 is 2.35 bits per heavy atom. The molecule has 0 radical (unpaired) electrons. The fourth-order valence-corrected chi connectivity index (χ4v) is 2.53. The minimum absolute atomic E-state index is 0.133. The van der Waals surface area contributed by atoms with Gasteiger partial charge in [-0.3, -0.25) is 5.43 Å². The number of nitrogens with one attached hydrogen (secondary N) is 1. The first kappa shape index (κ1) is 15.2. The maximum absolute atomic E-state index is 12.6. The van der Waals surface area contributed by atoms with E-state index in [9.17, 15) is 13.2 Å². The van der Waals surface area contributed by atoms with Crippen molar-refractivity contribution in [3.63, 3.8) is 0 Å². The van der Waals surface area contributed by atoms with Gasteiger partial charge in [0.15, 0.2) is 0 Å². The van der Waals surface area contributed by atoms with Crippen molar-refractivity contribution in [3.05, 3.63) is 50.1 Å². The lowest BCUT2D eigenvalue weighted by molar-refractivity contribution is -0.137. The summed E-state index contributed by atoms with van der Waals surface area (Å²) in [5, 5.41) is 5.47. The van der Waals surface area contributed by atoms with Gasteiger partial charge in [-0.25, -0.2) is 0 Å². The lowest BCUT2D eigenvalue weighted by Gasteiger charge is -2.11. The summed E-state index contributed by atoms with van der Waals surface area (Å²) in [6.07, 6.45) is -2.97. The van der Waals surface area contributed by atoms with Crippen molar-refractivity contribution < 1.29 is 13.2 Å². The first-order chi connectivity index (χ1) is 9.38. The summed E-state index contributed by atoms with van der Waals surface area (Å²) in [5.74, 6) is 0. The Morgan fingerprint density at radius 1 is 1.20 bits per heavy atom. The summed E-state index contributed by atoms with van der Waals surface area (Å²) in [5.41, 5.74) is 1.77. The molecule has 0 fully saturated rings. The maximum Gasteiger partial charge on any atom is 0.416 e. The fraction of sp³-hybridized carbons (Fsp3) is 0.0833. The number of hydrazone groups is 1. The molecule has 0 spiro atoms. The second-order valence-electron chi connectivity index (χ2n) is 3.70. The Kier molecular flexibility index (Phi) is 4.57. The quantitative estimate of drug-likeness (QED) is 0.578. The van der Waals surface area contributed by atoms with E-state index in [1.54, 1.807) is 0 Å². The molecule has 0 unspecified atom stereocenters. The van der Waals surface area contributed by atoms with Crippen LogP contribution >= 0.6 is 34.5 Å². The van der Waals surface area contributed by atoms with E-state index in [1.807, 2.05) is 17.5 Å². The predicted molar refractivity (Wildman–Crippen MR) is 77.0 cm³/mol. The summed E-state index contributed by atoms with van der Waals surface area (Å²) in [4.78, 5) is 0.886. The van der Waals surface area contributed by atoms with Gasteiger partial charge < -0.3 is 0 Å². The van der Waals surface area contributed by atoms with E-state index in [1.165, 1.54) is 17.6 Å². The zero-order chi connectivity index (χ0) is 14.8. The Labute approximate surface area is 126 Å². The number of nitrogens with zero attached hydrogens (tertiary/aromatic N) is 1. The van der Waals surface area contributed by atoms with Crippen LogP contribution in [0.15, 0.2) is 34.7 Å². The van der Waals surface area contributed by atoms with Gasteiger partial charge in [-0.05, 0) is 23.6 Å². The number of rotatable bonds is 3. The van der Waals surface area contributed by atoms with E-state index in [2.05, 4.69) is 10.5 Å². The highest BCUT2D eigenvalue weighted by Gasteiger charge is 2.31. The van der Waals surface area contributed by atoms with Crippen LogP contribution in [0.5, 0.6) is 0 Å². The molecule has 0 aliphatic carbocycles. The third kappa shape index (κ3) is 3.65. The van der Waals surface area contributed by atoms with E-state index in [0.717, 1.165) is 17.0 Å². The summed E-state index contributed by atoms with van der Waals surface area (Å²) < 4.78 is 37.7. The van der Waals surface area contributed by atoms with Crippen molar-refractivity contribution in [1.29, 1.82) is 0 Å².